The average Bonchev–Trinajstić information content (AvgIpc) is 3.13. The van der Waals surface area contributed by atoms with Crippen molar-refractivity contribution in [3.05, 3.63) is 65.7 Å². The van der Waals surface area contributed by atoms with Crippen LogP contribution in [0, 0.1) is 11.3 Å². The highest BCUT2D eigenvalue weighted by molar-refractivity contribution is 5.91. The molecule has 4 rings (SSSR count). The number of carbonyl (C=O) groups is 1. The molecule has 1 aliphatic rings. The zero-order valence-electron chi connectivity index (χ0n) is 15.5. The van der Waals surface area contributed by atoms with Crippen LogP contribution in [0.4, 0.5) is 16.0 Å². The molecule has 9 heteroatoms. The van der Waals surface area contributed by atoms with Crippen LogP contribution < -0.4 is 10.2 Å². The number of hydrogen-bond acceptors (Lipinski definition) is 6. The Bertz CT molecular complexity index is 1030. The Balaban J connectivity index is 1.30. The van der Waals surface area contributed by atoms with Crippen molar-refractivity contribution in [3.63, 3.8) is 0 Å². The number of amides is 1. The summed E-state index contributed by atoms with van der Waals surface area (Å²) in [7, 11) is 0. The van der Waals surface area contributed by atoms with Crippen LogP contribution in [0.3, 0.4) is 0 Å². The van der Waals surface area contributed by atoms with Crippen LogP contribution in [0.15, 0.2) is 48.9 Å². The number of nitrogens with zero attached hydrogens (tertiary/aromatic N) is 6. The molecule has 1 amide bonds. The molecule has 1 saturated heterocycles. The Labute approximate surface area is 166 Å². The molecule has 29 heavy (non-hydrogen) atoms. The first-order valence-electron chi connectivity index (χ1n) is 9.11. The molecule has 4 heterocycles. The van der Waals surface area contributed by atoms with Gasteiger partial charge >= 0.3 is 0 Å². The van der Waals surface area contributed by atoms with Gasteiger partial charge in [-0.15, -0.1) is 0 Å². The summed E-state index contributed by atoms with van der Waals surface area (Å²) in [6.07, 6.45) is 4.28. The summed E-state index contributed by atoms with van der Waals surface area (Å²) < 4.78 is 14.6. The molecule has 0 spiro atoms. The van der Waals surface area contributed by atoms with Crippen molar-refractivity contribution in [1.82, 2.24) is 19.7 Å². The Morgan fingerprint density at radius 1 is 1.21 bits per heavy atom. The summed E-state index contributed by atoms with van der Waals surface area (Å²) >= 11 is 0. The highest BCUT2D eigenvalue weighted by Crippen LogP contribution is 2.20. The van der Waals surface area contributed by atoms with Crippen LogP contribution in [-0.4, -0.2) is 44.9 Å². The van der Waals surface area contributed by atoms with E-state index >= 15 is 0 Å². The van der Waals surface area contributed by atoms with E-state index in [-0.39, 0.29) is 12.3 Å². The highest BCUT2D eigenvalue weighted by atomic mass is 19.1. The Morgan fingerprint density at radius 3 is 2.72 bits per heavy atom. The minimum Gasteiger partial charge on any atom is -0.351 e. The fraction of sp³-hybridized carbons (Fsp3) is 0.250. The molecule has 0 unspecified atom stereocenters. The van der Waals surface area contributed by atoms with E-state index in [9.17, 15) is 9.18 Å². The lowest BCUT2D eigenvalue weighted by molar-refractivity contribution is -0.115. The lowest BCUT2D eigenvalue weighted by Crippen LogP contribution is -2.48. The number of aromatic nitrogens is 4. The Morgan fingerprint density at radius 2 is 2.07 bits per heavy atom. The standard InChI is InChI=1S/C20H18FN7O/c21-16-11-27(12-16)19-4-2-14(9-24-19)7-20(29)25-18-5-6-28(26-18)13-17-3-1-15(8-22)10-23-17/h1-6,9-10,16H,7,11-13H2,(H,25,26,29). The lowest BCUT2D eigenvalue weighted by Gasteiger charge is -2.35. The number of alkyl halides is 1. The van der Waals surface area contributed by atoms with Crippen LogP contribution >= 0.6 is 0 Å². The zero-order valence-corrected chi connectivity index (χ0v) is 15.5. The van der Waals surface area contributed by atoms with E-state index < -0.39 is 6.17 Å². The predicted octanol–water partition coefficient (Wildman–Crippen LogP) is 1.93. The van der Waals surface area contributed by atoms with Gasteiger partial charge in [0.2, 0.25) is 5.91 Å². The smallest absolute Gasteiger partial charge is 0.230 e. The monoisotopic (exact) mass is 391 g/mol. The molecule has 0 bridgehead atoms. The maximum absolute atomic E-state index is 12.9. The molecule has 1 aliphatic heterocycles. The van der Waals surface area contributed by atoms with Gasteiger partial charge in [-0.05, 0) is 23.8 Å². The highest BCUT2D eigenvalue weighted by Gasteiger charge is 2.26. The summed E-state index contributed by atoms with van der Waals surface area (Å²) in [5.41, 5.74) is 2.03. The molecule has 0 aliphatic carbocycles. The van der Waals surface area contributed by atoms with Gasteiger partial charge in [0.05, 0.1) is 37.3 Å². The SMILES string of the molecule is N#Cc1ccc(Cn2ccc(NC(=O)Cc3ccc(N4CC(F)C4)nc3)n2)nc1. The number of nitrogens with one attached hydrogen (secondary N) is 1. The molecule has 1 fully saturated rings. The topological polar surface area (TPSA) is 99.7 Å². The molecule has 146 valence electrons. The fourth-order valence-electron chi connectivity index (χ4n) is 2.96. The van der Waals surface area contributed by atoms with Gasteiger partial charge in [-0.2, -0.15) is 10.4 Å². The second-order valence-electron chi connectivity index (χ2n) is 6.80. The third-order valence-electron chi connectivity index (χ3n) is 4.52. The van der Waals surface area contributed by atoms with Gasteiger partial charge in [0, 0.05) is 24.7 Å². The number of hydrogen-bond donors (Lipinski definition) is 1. The number of carbonyl (C=O) groups excluding carboxylic acids is 1. The Hall–Kier alpha value is -3.80. The quantitative estimate of drug-likeness (QED) is 0.689. The molecule has 0 saturated carbocycles. The third kappa shape index (κ3) is 4.55. The predicted molar refractivity (Wildman–Crippen MR) is 104 cm³/mol. The van der Waals surface area contributed by atoms with Crippen molar-refractivity contribution < 1.29 is 9.18 Å². The average molecular weight is 391 g/mol. The molecule has 3 aromatic heterocycles. The first kappa shape index (κ1) is 18.6. The van der Waals surface area contributed by atoms with Crippen LogP contribution in [0.5, 0.6) is 0 Å². The van der Waals surface area contributed by atoms with Gasteiger partial charge in [-0.25, -0.2) is 9.37 Å². The van der Waals surface area contributed by atoms with E-state index in [1.165, 1.54) is 6.20 Å². The van der Waals surface area contributed by atoms with Crippen LogP contribution in [0.25, 0.3) is 0 Å². The first-order chi connectivity index (χ1) is 14.1. The van der Waals surface area contributed by atoms with E-state index in [4.69, 9.17) is 5.26 Å². The van der Waals surface area contributed by atoms with Crippen molar-refractivity contribution >= 4 is 17.5 Å². The number of rotatable bonds is 6. The van der Waals surface area contributed by atoms with Crippen molar-refractivity contribution in [3.8, 4) is 6.07 Å². The Kier molecular flexibility index (Phi) is 5.16. The largest absolute Gasteiger partial charge is 0.351 e. The van der Waals surface area contributed by atoms with E-state index in [1.54, 1.807) is 41.3 Å². The van der Waals surface area contributed by atoms with E-state index in [0.29, 0.717) is 31.0 Å². The molecule has 8 nitrogen and oxygen atoms in total. The van der Waals surface area contributed by atoms with E-state index in [1.807, 2.05) is 17.0 Å². The summed E-state index contributed by atoms with van der Waals surface area (Å²) in [4.78, 5) is 22.6. The minimum absolute atomic E-state index is 0.170. The molecular weight excluding hydrogens is 373 g/mol. The first-order valence-corrected chi connectivity index (χ1v) is 9.11. The number of halogens is 1. The minimum atomic E-state index is -0.783. The van der Waals surface area contributed by atoms with E-state index in [2.05, 4.69) is 20.4 Å². The maximum atomic E-state index is 12.9. The van der Waals surface area contributed by atoms with Gasteiger partial charge < -0.3 is 10.2 Å². The molecule has 1 N–H and O–H groups in total. The lowest BCUT2D eigenvalue weighted by atomic mass is 10.1. The summed E-state index contributed by atoms with van der Waals surface area (Å²) in [5, 5.41) is 15.9. The second kappa shape index (κ2) is 8.06. The van der Waals surface area contributed by atoms with Gasteiger partial charge in [0.25, 0.3) is 0 Å². The van der Waals surface area contributed by atoms with Gasteiger partial charge in [0.1, 0.15) is 18.1 Å². The zero-order chi connectivity index (χ0) is 20.2. The van der Waals surface area contributed by atoms with Crippen molar-refractivity contribution in [2.24, 2.45) is 0 Å². The normalized spacial score (nSPS) is 13.6. The van der Waals surface area contributed by atoms with Crippen molar-refractivity contribution in [2.75, 3.05) is 23.3 Å². The van der Waals surface area contributed by atoms with Gasteiger partial charge in [0.15, 0.2) is 5.82 Å². The van der Waals surface area contributed by atoms with Crippen molar-refractivity contribution in [1.29, 1.82) is 5.26 Å². The third-order valence-corrected chi connectivity index (χ3v) is 4.52. The number of nitriles is 1. The molecule has 0 atom stereocenters. The maximum Gasteiger partial charge on any atom is 0.230 e. The summed E-state index contributed by atoms with van der Waals surface area (Å²) in [6, 6.07) is 10.8. The molecular formula is C20H18FN7O. The van der Waals surface area contributed by atoms with Gasteiger partial charge in [-0.1, -0.05) is 6.07 Å². The van der Waals surface area contributed by atoms with Crippen LogP contribution in [-0.2, 0) is 17.8 Å². The molecule has 0 aromatic carbocycles. The van der Waals surface area contributed by atoms with Crippen LogP contribution in [0.1, 0.15) is 16.8 Å². The van der Waals surface area contributed by atoms with Gasteiger partial charge in [-0.3, -0.25) is 14.5 Å². The molecule has 3 aromatic rings. The van der Waals surface area contributed by atoms with Crippen LogP contribution in [0.2, 0.25) is 0 Å². The van der Waals surface area contributed by atoms with E-state index in [0.717, 1.165) is 17.1 Å². The molecule has 0 radical (unpaired) electrons. The number of anilines is 2. The summed E-state index contributed by atoms with van der Waals surface area (Å²) in [6.45, 7) is 1.17. The second-order valence-corrected chi connectivity index (χ2v) is 6.80. The fourth-order valence-corrected chi connectivity index (χ4v) is 2.96. The van der Waals surface area contributed by atoms with Crippen molar-refractivity contribution in [2.45, 2.75) is 19.1 Å². The summed E-state index contributed by atoms with van der Waals surface area (Å²) in [5.74, 6) is 0.968. The number of pyridine rings is 2.